The van der Waals surface area contributed by atoms with Gasteiger partial charge in [-0.15, -0.1) is 0 Å². The number of halogens is 3. The molecule has 3 nitrogen and oxygen atoms in total. The zero-order chi connectivity index (χ0) is 19.2. The highest BCUT2D eigenvalue weighted by Crippen LogP contribution is 2.34. The van der Waals surface area contributed by atoms with Crippen LogP contribution in [0.3, 0.4) is 0 Å². The van der Waals surface area contributed by atoms with Gasteiger partial charge >= 0.3 is 0 Å². The normalized spacial score (nSPS) is 10.5. The van der Waals surface area contributed by atoms with E-state index in [4.69, 9.17) is 9.47 Å². The zero-order valence-corrected chi connectivity index (χ0v) is 16.8. The van der Waals surface area contributed by atoms with Crippen molar-refractivity contribution in [2.45, 2.75) is 13.2 Å². The molecule has 3 aromatic carbocycles. The minimum absolute atomic E-state index is 0.247. The second kappa shape index (κ2) is 9.03. The van der Waals surface area contributed by atoms with Gasteiger partial charge in [-0.2, -0.15) is 0 Å². The monoisotopic (exact) mass is 481 g/mol. The van der Waals surface area contributed by atoms with Gasteiger partial charge in [-0.25, -0.2) is 8.78 Å². The number of nitrogens with one attached hydrogen (secondary N) is 1. The van der Waals surface area contributed by atoms with Crippen LogP contribution in [0.1, 0.15) is 11.1 Å². The molecule has 0 unspecified atom stereocenters. The maximum Gasteiger partial charge on any atom is 0.174 e. The van der Waals surface area contributed by atoms with Crippen molar-refractivity contribution in [3.8, 4) is 11.5 Å². The van der Waals surface area contributed by atoms with Gasteiger partial charge in [0.25, 0.3) is 0 Å². The summed E-state index contributed by atoms with van der Waals surface area (Å²) in [6.45, 7) is 0.805. The van der Waals surface area contributed by atoms with Crippen LogP contribution >= 0.6 is 22.6 Å². The first-order chi connectivity index (χ1) is 13.0. The summed E-state index contributed by atoms with van der Waals surface area (Å²) in [5.74, 6) is 0.665. The van der Waals surface area contributed by atoms with E-state index in [9.17, 15) is 8.78 Å². The summed E-state index contributed by atoms with van der Waals surface area (Å²) >= 11 is 2.19. The number of hydrogen-bond acceptors (Lipinski definition) is 3. The SMILES string of the molecule is COc1cc(CNc2ccc(F)cc2)cc(I)c1OCc1cccc(F)c1. The van der Waals surface area contributed by atoms with Crippen molar-refractivity contribution in [2.24, 2.45) is 0 Å². The summed E-state index contributed by atoms with van der Waals surface area (Å²) in [4.78, 5) is 0. The Morgan fingerprint density at radius 2 is 1.70 bits per heavy atom. The Morgan fingerprint density at radius 3 is 2.41 bits per heavy atom. The van der Waals surface area contributed by atoms with E-state index in [-0.39, 0.29) is 18.2 Å². The van der Waals surface area contributed by atoms with E-state index >= 15 is 0 Å². The fraction of sp³-hybridized carbons (Fsp3) is 0.143. The summed E-state index contributed by atoms with van der Waals surface area (Å²) in [6, 6.07) is 16.4. The molecule has 0 aliphatic carbocycles. The number of hydrogen-bond donors (Lipinski definition) is 1. The van der Waals surface area contributed by atoms with Gasteiger partial charge < -0.3 is 14.8 Å². The predicted molar refractivity (Wildman–Crippen MR) is 110 cm³/mol. The molecule has 6 heteroatoms. The molecule has 3 aromatic rings. The molecule has 0 bridgehead atoms. The van der Waals surface area contributed by atoms with Crippen molar-refractivity contribution in [1.82, 2.24) is 0 Å². The second-order valence-electron chi connectivity index (χ2n) is 5.89. The lowest BCUT2D eigenvalue weighted by Gasteiger charge is -2.15. The molecule has 0 amide bonds. The van der Waals surface area contributed by atoms with Crippen molar-refractivity contribution in [3.63, 3.8) is 0 Å². The molecule has 140 valence electrons. The molecule has 0 aliphatic rings. The third kappa shape index (κ3) is 5.32. The van der Waals surface area contributed by atoms with Crippen LogP contribution in [0.5, 0.6) is 11.5 Å². The van der Waals surface area contributed by atoms with Gasteiger partial charge in [0.15, 0.2) is 11.5 Å². The van der Waals surface area contributed by atoms with Crippen LogP contribution in [0.4, 0.5) is 14.5 Å². The van der Waals surface area contributed by atoms with E-state index in [1.165, 1.54) is 24.3 Å². The molecule has 0 heterocycles. The third-order valence-electron chi connectivity index (χ3n) is 3.90. The standard InChI is InChI=1S/C21H18F2INO2/c1-26-20-11-15(12-25-18-7-5-16(22)6-8-18)10-19(24)21(20)27-13-14-3-2-4-17(23)9-14/h2-11,25H,12-13H2,1H3. The topological polar surface area (TPSA) is 30.5 Å². The first-order valence-corrected chi connectivity index (χ1v) is 9.36. The van der Waals surface area contributed by atoms with Crippen LogP contribution in [0.2, 0.25) is 0 Å². The van der Waals surface area contributed by atoms with E-state index in [0.717, 1.165) is 20.4 Å². The number of rotatable bonds is 7. The Kier molecular flexibility index (Phi) is 6.49. The highest BCUT2D eigenvalue weighted by Gasteiger charge is 2.12. The van der Waals surface area contributed by atoms with Crippen LogP contribution in [-0.2, 0) is 13.2 Å². The van der Waals surface area contributed by atoms with Gasteiger partial charge in [0.2, 0.25) is 0 Å². The molecule has 27 heavy (non-hydrogen) atoms. The average Bonchev–Trinajstić information content (AvgIpc) is 2.66. The summed E-state index contributed by atoms with van der Waals surface area (Å²) in [6.07, 6.45) is 0. The van der Waals surface area contributed by atoms with Gasteiger partial charge in [-0.1, -0.05) is 12.1 Å². The van der Waals surface area contributed by atoms with Crippen LogP contribution in [0, 0.1) is 15.2 Å². The van der Waals surface area contributed by atoms with Crippen LogP contribution in [0.25, 0.3) is 0 Å². The number of anilines is 1. The quantitative estimate of drug-likeness (QED) is 0.435. The summed E-state index contributed by atoms with van der Waals surface area (Å²) < 4.78 is 38.5. The van der Waals surface area contributed by atoms with Crippen molar-refractivity contribution in [3.05, 3.63) is 87.0 Å². The van der Waals surface area contributed by atoms with Gasteiger partial charge in [0, 0.05) is 12.2 Å². The molecular formula is C21H18F2INO2. The van der Waals surface area contributed by atoms with Crippen LogP contribution in [0.15, 0.2) is 60.7 Å². The second-order valence-corrected chi connectivity index (χ2v) is 7.05. The molecule has 0 aromatic heterocycles. The Bertz CT molecular complexity index is 917. The lowest BCUT2D eigenvalue weighted by atomic mass is 10.2. The van der Waals surface area contributed by atoms with Crippen LogP contribution in [-0.4, -0.2) is 7.11 Å². The molecule has 0 spiro atoms. The average molecular weight is 481 g/mol. The Labute approximate surface area is 170 Å². The molecule has 3 rings (SSSR count). The Balaban J connectivity index is 1.71. The van der Waals surface area contributed by atoms with Crippen molar-refractivity contribution in [2.75, 3.05) is 12.4 Å². The fourth-order valence-electron chi connectivity index (χ4n) is 2.57. The Hall–Kier alpha value is -2.35. The minimum Gasteiger partial charge on any atom is -0.493 e. The van der Waals surface area contributed by atoms with Crippen molar-refractivity contribution < 1.29 is 18.3 Å². The maximum absolute atomic E-state index is 13.3. The van der Waals surface area contributed by atoms with E-state index < -0.39 is 0 Å². The largest absolute Gasteiger partial charge is 0.493 e. The highest BCUT2D eigenvalue weighted by atomic mass is 127. The lowest BCUT2D eigenvalue weighted by Crippen LogP contribution is -2.04. The molecule has 0 saturated heterocycles. The van der Waals surface area contributed by atoms with Gasteiger partial charge in [0.05, 0.1) is 10.7 Å². The summed E-state index contributed by atoms with van der Waals surface area (Å²) in [5, 5.41) is 3.24. The first kappa shape index (κ1) is 19.4. The first-order valence-electron chi connectivity index (χ1n) is 8.28. The molecule has 1 N–H and O–H groups in total. The van der Waals surface area contributed by atoms with Crippen LogP contribution < -0.4 is 14.8 Å². The number of ether oxygens (including phenoxy) is 2. The molecule has 0 fully saturated rings. The molecule has 0 radical (unpaired) electrons. The fourth-order valence-corrected chi connectivity index (χ4v) is 3.39. The number of methoxy groups -OCH3 is 1. The zero-order valence-electron chi connectivity index (χ0n) is 14.6. The maximum atomic E-state index is 13.3. The molecule has 0 atom stereocenters. The van der Waals surface area contributed by atoms with Gasteiger partial charge in [0.1, 0.15) is 18.2 Å². The van der Waals surface area contributed by atoms with E-state index in [0.29, 0.717) is 18.0 Å². The summed E-state index contributed by atoms with van der Waals surface area (Å²) in [5.41, 5.74) is 2.57. The molecule has 0 saturated carbocycles. The van der Waals surface area contributed by atoms with Gasteiger partial charge in [-0.3, -0.25) is 0 Å². The molecule has 0 aliphatic heterocycles. The van der Waals surface area contributed by atoms with E-state index in [1.54, 1.807) is 25.3 Å². The predicted octanol–water partition coefficient (Wildman–Crippen LogP) is 5.77. The smallest absolute Gasteiger partial charge is 0.174 e. The summed E-state index contributed by atoms with van der Waals surface area (Å²) in [7, 11) is 1.58. The Morgan fingerprint density at radius 1 is 0.926 bits per heavy atom. The van der Waals surface area contributed by atoms with Crippen molar-refractivity contribution in [1.29, 1.82) is 0 Å². The lowest BCUT2D eigenvalue weighted by molar-refractivity contribution is 0.281. The number of benzene rings is 3. The van der Waals surface area contributed by atoms with Gasteiger partial charge in [-0.05, 0) is 82.2 Å². The highest BCUT2D eigenvalue weighted by molar-refractivity contribution is 14.1. The van der Waals surface area contributed by atoms with E-state index in [1.807, 2.05) is 18.2 Å². The van der Waals surface area contributed by atoms with Crippen molar-refractivity contribution >= 4 is 28.3 Å². The van der Waals surface area contributed by atoms with E-state index in [2.05, 4.69) is 27.9 Å². The minimum atomic E-state index is -0.292. The molecular weight excluding hydrogens is 463 g/mol. The third-order valence-corrected chi connectivity index (χ3v) is 4.70.